The summed E-state index contributed by atoms with van der Waals surface area (Å²) in [4.78, 5) is 26.4. The Bertz CT molecular complexity index is 606. The molecule has 0 bridgehead atoms. The van der Waals surface area contributed by atoms with Gasteiger partial charge in [0.2, 0.25) is 0 Å². The summed E-state index contributed by atoms with van der Waals surface area (Å²) in [6, 6.07) is 2.75. The number of hydrogen-bond donors (Lipinski definition) is 2. The second kappa shape index (κ2) is 4.66. The second-order valence-corrected chi connectivity index (χ2v) is 3.50. The first-order valence-corrected chi connectivity index (χ1v) is 5.00. The van der Waals surface area contributed by atoms with Gasteiger partial charge in [-0.3, -0.25) is 9.78 Å². The van der Waals surface area contributed by atoms with E-state index in [1.165, 1.54) is 24.5 Å². The molecule has 2 heterocycles. The van der Waals surface area contributed by atoms with E-state index in [4.69, 9.17) is 9.63 Å². The standard InChI is InChI=1S/C11H9N3O4/c1-6-4-8(14-18-6)10(15)13-9-5-12-3-2-7(9)11(16)17/h2-5H,1H3,(H,13,15)(H,16,17). The van der Waals surface area contributed by atoms with Crippen molar-refractivity contribution in [2.75, 3.05) is 5.32 Å². The van der Waals surface area contributed by atoms with Gasteiger partial charge in [-0.1, -0.05) is 5.16 Å². The van der Waals surface area contributed by atoms with Gasteiger partial charge in [-0.25, -0.2) is 4.79 Å². The molecule has 0 aromatic carbocycles. The van der Waals surface area contributed by atoms with Gasteiger partial charge in [0.1, 0.15) is 5.76 Å². The minimum atomic E-state index is -1.15. The minimum absolute atomic E-state index is 0.0430. The normalized spacial score (nSPS) is 10.1. The van der Waals surface area contributed by atoms with Crippen molar-refractivity contribution in [1.82, 2.24) is 10.1 Å². The largest absolute Gasteiger partial charge is 0.478 e. The molecule has 2 aromatic rings. The lowest BCUT2D eigenvalue weighted by atomic mass is 10.2. The first-order chi connectivity index (χ1) is 8.58. The number of pyridine rings is 1. The third-order valence-corrected chi connectivity index (χ3v) is 2.16. The van der Waals surface area contributed by atoms with Crippen LogP contribution in [0.25, 0.3) is 0 Å². The van der Waals surface area contributed by atoms with Crippen LogP contribution in [0.3, 0.4) is 0 Å². The molecule has 0 saturated heterocycles. The molecule has 0 aliphatic heterocycles. The molecule has 7 nitrogen and oxygen atoms in total. The molecule has 0 aliphatic carbocycles. The quantitative estimate of drug-likeness (QED) is 0.847. The monoisotopic (exact) mass is 247 g/mol. The second-order valence-electron chi connectivity index (χ2n) is 3.50. The molecule has 0 radical (unpaired) electrons. The topological polar surface area (TPSA) is 105 Å². The van der Waals surface area contributed by atoms with Gasteiger partial charge in [0.05, 0.1) is 17.4 Å². The zero-order chi connectivity index (χ0) is 13.1. The van der Waals surface area contributed by atoms with Crippen molar-refractivity contribution >= 4 is 17.6 Å². The Morgan fingerprint density at radius 3 is 2.83 bits per heavy atom. The summed E-state index contributed by atoms with van der Waals surface area (Å²) in [7, 11) is 0. The molecule has 18 heavy (non-hydrogen) atoms. The molecule has 0 unspecified atom stereocenters. The molecule has 2 rings (SSSR count). The van der Waals surface area contributed by atoms with Crippen molar-refractivity contribution in [2.45, 2.75) is 6.92 Å². The van der Waals surface area contributed by atoms with Crippen molar-refractivity contribution < 1.29 is 19.2 Å². The van der Waals surface area contributed by atoms with Crippen LogP contribution in [-0.2, 0) is 0 Å². The fourth-order valence-corrected chi connectivity index (χ4v) is 1.34. The van der Waals surface area contributed by atoms with Crippen LogP contribution in [0.1, 0.15) is 26.6 Å². The summed E-state index contributed by atoms with van der Waals surface area (Å²) in [6.07, 6.45) is 2.59. The Labute approximate surface area is 101 Å². The Hall–Kier alpha value is -2.70. The Morgan fingerprint density at radius 2 is 2.22 bits per heavy atom. The number of carbonyl (C=O) groups is 2. The van der Waals surface area contributed by atoms with E-state index in [0.29, 0.717) is 5.76 Å². The number of anilines is 1. The summed E-state index contributed by atoms with van der Waals surface area (Å²) >= 11 is 0. The molecule has 0 spiro atoms. The SMILES string of the molecule is Cc1cc(C(=O)Nc2cnccc2C(=O)O)no1. The number of aryl methyl sites for hydroxylation is 1. The van der Waals surface area contributed by atoms with Gasteiger partial charge >= 0.3 is 5.97 Å². The molecule has 92 valence electrons. The molecule has 1 amide bonds. The summed E-state index contributed by atoms with van der Waals surface area (Å²) in [5.41, 5.74) is 0.141. The highest BCUT2D eigenvalue weighted by molar-refractivity contribution is 6.06. The van der Waals surface area contributed by atoms with Gasteiger partial charge in [-0.2, -0.15) is 0 Å². The highest BCUT2D eigenvalue weighted by Crippen LogP contribution is 2.14. The number of aromatic carboxylic acids is 1. The molecule has 2 aromatic heterocycles. The first kappa shape index (κ1) is 11.8. The number of nitrogens with zero attached hydrogens (tertiary/aromatic N) is 2. The molecular weight excluding hydrogens is 238 g/mol. The third kappa shape index (κ3) is 2.34. The molecular formula is C11H9N3O4. The van der Waals surface area contributed by atoms with Gasteiger partial charge < -0.3 is 14.9 Å². The lowest BCUT2D eigenvalue weighted by Gasteiger charge is -2.05. The Balaban J connectivity index is 2.24. The van der Waals surface area contributed by atoms with E-state index >= 15 is 0 Å². The zero-order valence-electron chi connectivity index (χ0n) is 9.38. The number of hydrogen-bond acceptors (Lipinski definition) is 5. The van der Waals surface area contributed by atoms with E-state index in [9.17, 15) is 9.59 Å². The highest BCUT2D eigenvalue weighted by atomic mass is 16.5. The van der Waals surface area contributed by atoms with Gasteiger partial charge in [0.15, 0.2) is 5.69 Å². The minimum Gasteiger partial charge on any atom is -0.478 e. The smallest absolute Gasteiger partial charge is 0.337 e. The van der Waals surface area contributed by atoms with Crippen LogP contribution < -0.4 is 5.32 Å². The van der Waals surface area contributed by atoms with E-state index in [0.717, 1.165) is 0 Å². The highest BCUT2D eigenvalue weighted by Gasteiger charge is 2.15. The van der Waals surface area contributed by atoms with Crippen molar-refractivity contribution in [1.29, 1.82) is 0 Å². The summed E-state index contributed by atoms with van der Waals surface area (Å²) in [5, 5.41) is 14.9. The fourth-order valence-electron chi connectivity index (χ4n) is 1.34. The van der Waals surface area contributed by atoms with Crippen LogP contribution in [-0.4, -0.2) is 27.1 Å². The van der Waals surface area contributed by atoms with Crippen LogP contribution >= 0.6 is 0 Å². The summed E-state index contributed by atoms with van der Waals surface area (Å²) in [5.74, 6) is -1.21. The van der Waals surface area contributed by atoms with Crippen molar-refractivity contribution in [3.05, 3.63) is 41.5 Å². The predicted octanol–water partition coefficient (Wildman–Crippen LogP) is 1.33. The van der Waals surface area contributed by atoms with Crippen LogP contribution in [0, 0.1) is 6.92 Å². The van der Waals surface area contributed by atoms with Crippen LogP contribution in [0.5, 0.6) is 0 Å². The Morgan fingerprint density at radius 1 is 1.44 bits per heavy atom. The molecule has 0 atom stereocenters. The first-order valence-electron chi connectivity index (χ1n) is 5.00. The number of rotatable bonds is 3. The molecule has 0 fully saturated rings. The van der Waals surface area contributed by atoms with Crippen LogP contribution in [0.4, 0.5) is 5.69 Å². The van der Waals surface area contributed by atoms with Gasteiger partial charge in [0.25, 0.3) is 5.91 Å². The van der Waals surface area contributed by atoms with E-state index in [1.807, 2.05) is 0 Å². The van der Waals surface area contributed by atoms with Gasteiger partial charge in [0, 0.05) is 12.3 Å². The maximum Gasteiger partial charge on any atom is 0.337 e. The van der Waals surface area contributed by atoms with Crippen molar-refractivity contribution in [2.24, 2.45) is 0 Å². The lowest BCUT2D eigenvalue weighted by molar-refractivity contribution is 0.0698. The number of carboxylic acid groups (broad SMARTS) is 1. The molecule has 0 saturated carbocycles. The van der Waals surface area contributed by atoms with Crippen LogP contribution in [0.15, 0.2) is 29.0 Å². The average molecular weight is 247 g/mol. The lowest BCUT2D eigenvalue weighted by Crippen LogP contribution is -2.15. The van der Waals surface area contributed by atoms with Gasteiger partial charge in [-0.15, -0.1) is 0 Å². The van der Waals surface area contributed by atoms with Gasteiger partial charge in [-0.05, 0) is 13.0 Å². The van der Waals surface area contributed by atoms with E-state index in [2.05, 4.69) is 15.5 Å². The van der Waals surface area contributed by atoms with Crippen molar-refractivity contribution in [3.8, 4) is 0 Å². The van der Waals surface area contributed by atoms with E-state index in [1.54, 1.807) is 6.92 Å². The van der Waals surface area contributed by atoms with Crippen molar-refractivity contribution in [3.63, 3.8) is 0 Å². The third-order valence-electron chi connectivity index (χ3n) is 2.16. The number of carboxylic acids is 1. The predicted molar refractivity (Wildman–Crippen MR) is 60.4 cm³/mol. The molecule has 0 aliphatic rings. The number of nitrogens with one attached hydrogen (secondary N) is 1. The number of aromatic nitrogens is 2. The number of amides is 1. The number of carbonyl (C=O) groups excluding carboxylic acids is 1. The van der Waals surface area contributed by atoms with E-state index < -0.39 is 11.9 Å². The molecule has 7 heteroatoms. The maximum atomic E-state index is 11.7. The zero-order valence-corrected chi connectivity index (χ0v) is 9.38. The Kier molecular flexibility index (Phi) is 3.05. The van der Waals surface area contributed by atoms with E-state index in [-0.39, 0.29) is 16.9 Å². The summed E-state index contributed by atoms with van der Waals surface area (Å²) < 4.78 is 4.76. The fraction of sp³-hybridized carbons (Fsp3) is 0.0909. The average Bonchev–Trinajstić information content (AvgIpc) is 2.76. The maximum absolute atomic E-state index is 11.7. The van der Waals surface area contributed by atoms with Crippen LogP contribution in [0.2, 0.25) is 0 Å². The molecule has 2 N–H and O–H groups in total. The summed E-state index contributed by atoms with van der Waals surface area (Å²) in [6.45, 7) is 1.65.